The Morgan fingerprint density at radius 2 is 2.15 bits per heavy atom. The molecule has 1 amide bonds. The predicted octanol–water partition coefficient (Wildman–Crippen LogP) is 4.04. The second-order valence-electron chi connectivity index (χ2n) is 6.37. The highest BCUT2D eigenvalue weighted by Gasteiger charge is 2.22. The van der Waals surface area contributed by atoms with Gasteiger partial charge in [0.1, 0.15) is 6.54 Å². The van der Waals surface area contributed by atoms with Gasteiger partial charge in [-0.3, -0.25) is 4.79 Å². The van der Waals surface area contributed by atoms with E-state index in [-0.39, 0.29) is 12.5 Å². The fraction of sp³-hybridized carbons (Fsp3) is 0.333. The number of anilines is 1. The summed E-state index contributed by atoms with van der Waals surface area (Å²) in [7, 11) is 0. The third-order valence-electron chi connectivity index (χ3n) is 4.56. The van der Waals surface area contributed by atoms with Crippen molar-refractivity contribution in [2.45, 2.75) is 26.3 Å². The minimum atomic E-state index is -0.109. The lowest BCUT2D eigenvalue weighted by Crippen LogP contribution is -2.21. The molecule has 0 radical (unpaired) electrons. The molecule has 0 saturated carbocycles. The largest absolute Gasteiger partial charge is 0.334 e. The number of halogens is 2. The Balaban J connectivity index is 1.75. The number of carbonyl (C=O) groups excluding carboxylic acids is 1. The molecule has 26 heavy (non-hydrogen) atoms. The predicted molar refractivity (Wildman–Crippen MR) is 108 cm³/mol. The van der Waals surface area contributed by atoms with Gasteiger partial charge < -0.3 is 15.2 Å². The zero-order chi connectivity index (χ0) is 18.3. The smallest absolute Gasteiger partial charge is 0.246 e. The molecule has 0 aliphatic carbocycles. The molecular weight excluding hydrogens is 391 g/mol. The number of hydrogen-bond acceptors (Lipinski definition) is 4. The maximum atomic E-state index is 12.6. The van der Waals surface area contributed by atoms with Gasteiger partial charge in [-0.25, -0.2) is 4.98 Å². The molecule has 0 bridgehead atoms. The molecule has 136 valence electrons. The van der Waals surface area contributed by atoms with Crippen LogP contribution in [0.25, 0.3) is 10.9 Å². The normalized spacial score (nSPS) is 14.3. The van der Waals surface area contributed by atoms with E-state index in [1.165, 1.54) is 16.9 Å². The van der Waals surface area contributed by atoms with Crippen molar-refractivity contribution in [3.05, 3.63) is 44.5 Å². The first-order valence-corrected chi connectivity index (χ1v) is 10.0. The number of carbonyl (C=O) groups is 1. The van der Waals surface area contributed by atoms with Gasteiger partial charge in [-0.15, -0.1) is 11.3 Å². The van der Waals surface area contributed by atoms with E-state index in [0.29, 0.717) is 15.2 Å². The highest BCUT2D eigenvalue weighted by atomic mass is 35.5. The lowest BCUT2D eigenvalue weighted by molar-refractivity contribution is -0.116. The maximum Gasteiger partial charge on any atom is 0.246 e. The second kappa shape index (κ2) is 7.19. The first kappa shape index (κ1) is 17.8. The monoisotopic (exact) mass is 408 g/mol. The Morgan fingerprint density at radius 1 is 1.35 bits per heavy atom. The molecule has 2 N–H and O–H groups in total. The van der Waals surface area contributed by atoms with E-state index in [9.17, 15) is 4.79 Å². The van der Waals surface area contributed by atoms with Crippen LogP contribution in [0.5, 0.6) is 0 Å². The van der Waals surface area contributed by atoms with Crippen molar-refractivity contribution in [2.75, 3.05) is 18.4 Å². The average Bonchev–Trinajstić information content (AvgIpc) is 2.99. The number of nitrogens with zero attached hydrogens (tertiary/aromatic N) is 2. The van der Waals surface area contributed by atoms with E-state index in [4.69, 9.17) is 23.2 Å². The van der Waals surface area contributed by atoms with Crippen LogP contribution in [0.1, 0.15) is 16.1 Å². The molecule has 0 saturated heterocycles. The third kappa shape index (κ3) is 3.34. The zero-order valence-corrected chi connectivity index (χ0v) is 16.6. The van der Waals surface area contributed by atoms with Gasteiger partial charge in [0.25, 0.3) is 0 Å². The lowest BCUT2D eigenvalue weighted by Gasteiger charge is -2.11. The Morgan fingerprint density at radius 3 is 2.92 bits per heavy atom. The Bertz CT molecular complexity index is 995. The molecule has 2 aromatic heterocycles. The van der Waals surface area contributed by atoms with E-state index in [2.05, 4.69) is 15.6 Å². The first-order valence-electron chi connectivity index (χ1n) is 8.45. The van der Waals surface area contributed by atoms with E-state index >= 15 is 0 Å². The molecule has 8 heteroatoms. The number of thiazole rings is 1. The molecule has 1 aliphatic rings. The molecular formula is C18H18Cl2N4OS. The molecule has 0 spiro atoms. The number of nitrogens with one attached hydrogen (secondary N) is 2. The molecule has 0 unspecified atom stereocenters. The lowest BCUT2D eigenvalue weighted by atomic mass is 10.1. The number of aryl methyl sites for hydroxylation is 1. The zero-order valence-electron chi connectivity index (χ0n) is 14.2. The molecule has 0 fully saturated rings. The minimum Gasteiger partial charge on any atom is -0.334 e. The van der Waals surface area contributed by atoms with E-state index < -0.39 is 0 Å². The fourth-order valence-electron chi connectivity index (χ4n) is 3.52. The van der Waals surface area contributed by atoms with Crippen molar-refractivity contribution in [3.63, 3.8) is 0 Å². The minimum absolute atomic E-state index is 0.109. The summed E-state index contributed by atoms with van der Waals surface area (Å²) >= 11 is 14.2. The number of hydrogen-bond donors (Lipinski definition) is 2. The highest BCUT2D eigenvalue weighted by Crippen LogP contribution is 2.35. The van der Waals surface area contributed by atoms with Crippen molar-refractivity contribution in [3.8, 4) is 0 Å². The summed E-state index contributed by atoms with van der Waals surface area (Å²) in [4.78, 5) is 17.9. The average molecular weight is 409 g/mol. The van der Waals surface area contributed by atoms with Crippen LogP contribution in [-0.4, -0.2) is 28.5 Å². The van der Waals surface area contributed by atoms with E-state index in [0.717, 1.165) is 47.4 Å². The van der Waals surface area contributed by atoms with Gasteiger partial charge in [-0.1, -0.05) is 23.2 Å². The van der Waals surface area contributed by atoms with Gasteiger partial charge in [0.15, 0.2) is 5.13 Å². The van der Waals surface area contributed by atoms with E-state index in [1.807, 2.05) is 17.6 Å². The summed E-state index contributed by atoms with van der Waals surface area (Å²) in [6.45, 7) is 3.94. The summed E-state index contributed by atoms with van der Waals surface area (Å²) < 4.78 is 2.03. The summed E-state index contributed by atoms with van der Waals surface area (Å²) in [5, 5.41) is 9.14. The summed E-state index contributed by atoms with van der Waals surface area (Å²) in [5.41, 5.74) is 3.26. The Hall–Kier alpha value is -1.60. The van der Waals surface area contributed by atoms with Gasteiger partial charge in [0, 0.05) is 40.1 Å². The van der Waals surface area contributed by atoms with Crippen LogP contribution in [0.15, 0.2) is 18.3 Å². The summed E-state index contributed by atoms with van der Waals surface area (Å²) in [5.74, 6) is -0.109. The van der Waals surface area contributed by atoms with Gasteiger partial charge in [-0.2, -0.15) is 0 Å². The van der Waals surface area contributed by atoms with Crippen molar-refractivity contribution < 1.29 is 4.79 Å². The molecule has 1 aromatic carbocycles. The first-order chi connectivity index (χ1) is 12.5. The number of rotatable bonds is 3. The third-order valence-corrected chi connectivity index (χ3v) is 5.89. The number of fused-ring (bicyclic) bond motifs is 3. The molecule has 5 nitrogen and oxygen atoms in total. The van der Waals surface area contributed by atoms with Crippen molar-refractivity contribution in [1.82, 2.24) is 14.9 Å². The van der Waals surface area contributed by atoms with Crippen LogP contribution in [0.4, 0.5) is 5.13 Å². The van der Waals surface area contributed by atoms with Crippen LogP contribution in [0, 0.1) is 6.92 Å². The van der Waals surface area contributed by atoms with Crippen molar-refractivity contribution >= 4 is 56.5 Å². The number of amides is 1. The Kier molecular flexibility index (Phi) is 4.92. The van der Waals surface area contributed by atoms with Gasteiger partial charge in [-0.05, 0) is 37.6 Å². The number of benzene rings is 1. The molecule has 1 aliphatic heterocycles. The van der Waals surface area contributed by atoms with Crippen LogP contribution in [0.2, 0.25) is 10.0 Å². The standard InChI is InChI=1S/C18H18Cl2N4OS/c1-10-8-22-18(26-10)23-16(25)9-24-15-3-5-21-4-2-12(15)13-6-11(19)7-14(20)17(13)24/h6-8,21H,2-5,9H2,1H3,(H,22,23,25). The summed E-state index contributed by atoms with van der Waals surface area (Å²) in [6.07, 6.45) is 3.49. The van der Waals surface area contributed by atoms with Crippen molar-refractivity contribution in [1.29, 1.82) is 0 Å². The second-order valence-corrected chi connectivity index (χ2v) is 8.45. The van der Waals surface area contributed by atoms with Crippen LogP contribution >= 0.6 is 34.5 Å². The molecule has 0 atom stereocenters. The fourth-order valence-corrected chi connectivity index (χ4v) is 4.80. The van der Waals surface area contributed by atoms with Crippen molar-refractivity contribution in [2.24, 2.45) is 0 Å². The highest BCUT2D eigenvalue weighted by molar-refractivity contribution is 7.15. The van der Waals surface area contributed by atoms with E-state index in [1.54, 1.807) is 12.3 Å². The molecule has 3 aromatic rings. The SMILES string of the molecule is Cc1cnc(NC(=O)Cn2c3c(c4cc(Cl)cc(Cl)c42)CCNCC3)s1. The van der Waals surface area contributed by atoms with Gasteiger partial charge in [0.2, 0.25) is 5.91 Å². The number of aromatic nitrogens is 2. The van der Waals surface area contributed by atoms with Crippen LogP contribution in [-0.2, 0) is 24.2 Å². The van der Waals surface area contributed by atoms with Gasteiger partial charge >= 0.3 is 0 Å². The molecule has 3 heterocycles. The molecule has 4 rings (SSSR count). The van der Waals surface area contributed by atoms with Gasteiger partial charge in [0.05, 0.1) is 10.5 Å². The quantitative estimate of drug-likeness (QED) is 0.687. The Labute approximate surface area is 165 Å². The topological polar surface area (TPSA) is 59.0 Å². The maximum absolute atomic E-state index is 12.6. The van der Waals surface area contributed by atoms with Crippen LogP contribution in [0.3, 0.4) is 0 Å². The summed E-state index contributed by atoms with van der Waals surface area (Å²) in [6, 6.07) is 3.69. The van der Waals surface area contributed by atoms with Crippen LogP contribution < -0.4 is 10.6 Å².